The lowest BCUT2D eigenvalue weighted by Crippen LogP contribution is -2.39. The Hall–Kier alpha value is -1.48. The number of carbonyl (C=O) groups excluding carboxylic acids is 1. The predicted molar refractivity (Wildman–Crippen MR) is 84.7 cm³/mol. The Morgan fingerprint density at radius 2 is 2.27 bits per heavy atom. The Morgan fingerprint density at radius 3 is 2.91 bits per heavy atom. The molecule has 0 aromatic carbocycles. The van der Waals surface area contributed by atoms with Gasteiger partial charge in [0.15, 0.2) is 0 Å². The molecule has 1 amide bonds. The van der Waals surface area contributed by atoms with E-state index >= 15 is 0 Å². The average Bonchev–Trinajstić information content (AvgIpc) is 3.13. The van der Waals surface area contributed by atoms with Gasteiger partial charge in [-0.3, -0.25) is 4.79 Å². The normalized spacial score (nSPS) is 21.7. The van der Waals surface area contributed by atoms with Crippen LogP contribution >= 0.6 is 23.1 Å². The quantitative estimate of drug-likeness (QED) is 0.892. The molecule has 1 saturated carbocycles. The SMILES string of the molecule is Cc1csc(SC2CCC(NC(=O)Cn3cnnn3)CC2)n1. The monoisotopic (exact) mass is 338 g/mol. The molecular weight excluding hydrogens is 320 g/mol. The molecule has 7 nitrogen and oxygen atoms in total. The van der Waals surface area contributed by atoms with Crippen LogP contribution in [0.2, 0.25) is 0 Å². The van der Waals surface area contributed by atoms with E-state index in [4.69, 9.17) is 0 Å². The molecule has 0 radical (unpaired) electrons. The molecule has 0 aliphatic heterocycles. The van der Waals surface area contributed by atoms with Crippen molar-refractivity contribution in [2.45, 2.75) is 54.8 Å². The highest BCUT2D eigenvalue weighted by atomic mass is 32.2. The summed E-state index contributed by atoms with van der Waals surface area (Å²) in [5.74, 6) is -0.0287. The van der Waals surface area contributed by atoms with Gasteiger partial charge in [-0.15, -0.1) is 16.4 Å². The Morgan fingerprint density at radius 1 is 1.45 bits per heavy atom. The largest absolute Gasteiger partial charge is 0.352 e. The third-order valence-corrected chi connectivity index (χ3v) is 6.03. The van der Waals surface area contributed by atoms with E-state index in [0.29, 0.717) is 5.25 Å². The summed E-state index contributed by atoms with van der Waals surface area (Å²) in [6.07, 6.45) is 5.70. The highest BCUT2D eigenvalue weighted by molar-refractivity contribution is 8.01. The highest BCUT2D eigenvalue weighted by Crippen LogP contribution is 2.35. The zero-order chi connectivity index (χ0) is 15.4. The van der Waals surface area contributed by atoms with Crippen molar-refractivity contribution in [1.29, 1.82) is 0 Å². The van der Waals surface area contributed by atoms with Gasteiger partial charge in [0.1, 0.15) is 17.2 Å². The van der Waals surface area contributed by atoms with Crippen molar-refractivity contribution in [1.82, 2.24) is 30.5 Å². The van der Waals surface area contributed by atoms with Gasteiger partial charge in [0.2, 0.25) is 5.91 Å². The number of aromatic nitrogens is 5. The lowest BCUT2D eigenvalue weighted by Gasteiger charge is -2.28. The van der Waals surface area contributed by atoms with E-state index in [0.717, 1.165) is 35.7 Å². The van der Waals surface area contributed by atoms with Crippen LogP contribution < -0.4 is 5.32 Å². The van der Waals surface area contributed by atoms with Gasteiger partial charge in [0, 0.05) is 22.4 Å². The number of thioether (sulfide) groups is 1. The number of hydrogen-bond donors (Lipinski definition) is 1. The van der Waals surface area contributed by atoms with Crippen molar-refractivity contribution >= 4 is 29.0 Å². The van der Waals surface area contributed by atoms with Gasteiger partial charge < -0.3 is 5.32 Å². The maximum atomic E-state index is 11.9. The van der Waals surface area contributed by atoms with E-state index in [1.54, 1.807) is 11.3 Å². The molecule has 1 N–H and O–H groups in total. The molecule has 22 heavy (non-hydrogen) atoms. The lowest BCUT2D eigenvalue weighted by atomic mass is 9.95. The zero-order valence-electron chi connectivity index (χ0n) is 12.3. The summed E-state index contributed by atoms with van der Waals surface area (Å²) >= 11 is 3.59. The van der Waals surface area contributed by atoms with Crippen LogP contribution in [0.1, 0.15) is 31.4 Å². The number of nitrogens with one attached hydrogen (secondary N) is 1. The first-order valence-corrected chi connectivity index (χ1v) is 9.04. The number of hydrogen-bond acceptors (Lipinski definition) is 7. The predicted octanol–water partition coefficient (Wildman–Crippen LogP) is 1.66. The van der Waals surface area contributed by atoms with Crippen LogP contribution in [0.25, 0.3) is 0 Å². The minimum Gasteiger partial charge on any atom is -0.352 e. The summed E-state index contributed by atoms with van der Waals surface area (Å²) in [4.78, 5) is 16.4. The molecule has 0 bridgehead atoms. The van der Waals surface area contributed by atoms with Gasteiger partial charge in [0.05, 0.1) is 0 Å². The Kier molecular flexibility index (Phi) is 5.04. The van der Waals surface area contributed by atoms with Crippen LogP contribution in [0.4, 0.5) is 0 Å². The maximum absolute atomic E-state index is 11.9. The van der Waals surface area contributed by atoms with E-state index in [1.165, 1.54) is 11.0 Å². The second-order valence-electron chi connectivity index (χ2n) is 5.42. The number of thiazole rings is 1. The van der Waals surface area contributed by atoms with Crippen LogP contribution in [0.5, 0.6) is 0 Å². The van der Waals surface area contributed by atoms with E-state index < -0.39 is 0 Å². The van der Waals surface area contributed by atoms with Gasteiger partial charge in [0.25, 0.3) is 0 Å². The smallest absolute Gasteiger partial charge is 0.242 e. The maximum Gasteiger partial charge on any atom is 0.242 e. The first-order valence-electron chi connectivity index (χ1n) is 7.28. The fraction of sp³-hybridized carbons (Fsp3) is 0.615. The molecule has 1 aliphatic carbocycles. The lowest BCUT2D eigenvalue weighted by molar-refractivity contribution is -0.122. The van der Waals surface area contributed by atoms with Crippen LogP contribution in [0.15, 0.2) is 16.0 Å². The van der Waals surface area contributed by atoms with Crippen molar-refractivity contribution in [3.8, 4) is 0 Å². The topological polar surface area (TPSA) is 85.6 Å². The molecule has 2 aromatic heterocycles. The first-order chi connectivity index (χ1) is 10.7. The molecule has 118 valence electrons. The number of aryl methyl sites for hydroxylation is 1. The zero-order valence-corrected chi connectivity index (χ0v) is 13.9. The van der Waals surface area contributed by atoms with E-state index in [1.807, 2.05) is 18.7 Å². The van der Waals surface area contributed by atoms with Gasteiger partial charge in [-0.2, -0.15) is 0 Å². The van der Waals surface area contributed by atoms with Crippen LogP contribution in [0, 0.1) is 6.92 Å². The molecular formula is C13H18N6OS2. The van der Waals surface area contributed by atoms with Crippen molar-refractivity contribution < 1.29 is 4.79 Å². The minimum absolute atomic E-state index is 0.0287. The van der Waals surface area contributed by atoms with Gasteiger partial charge in [-0.05, 0) is 43.0 Å². The van der Waals surface area contributed by atoms with E-state index in [9.17, 15) is 4.79 Å². The van der Waals surface area contributed by atoms with Gasteiger partial charge >= 0.3 is 0 Å². The average molecular weight is 338 g/mol. The van der Waals surface area contributed by atoms with Gasteiger partial charge in [-0.1, -0.05) is 11.8 Å². The molecule has 0 unspecified atom stereocenters. The Bertz CT molecular complexity index is 606. The van der Waals surface area contributed by atoms with Crippen molar-refractivity contribution in [2.24, 2.45) is 0 Å². The summed E-state index contributed by atoms with van der Waals surface area (Å²) in [5, 5.41) is 16.5. The molecule has 0 atom stereocenters. The molecule has 1 fully saturated rings. The third kappa shape index (κ3) is 4.26. The van der Waals surface area contributed by atoms with Crippen molar-refractivity contribution in [3.63, 3.8) is 0 Å². The molecule has 0 spiro atoms. The summed E-state index contributed by atoms with van der Waals surface area (Å²) in [6, 6.07) is 0.263. The molecule has 2 aromatic rings. The van der Waals surface area contributed by atoms with Crippen LogP contribution in [0.3, 0.4) is 0 Å². The molecule has 1 aliphatic rings. The Labute approximate surface area is 136 Å². The molecule has 2 heterocycles. The summed E-state index contributed by atoms with van der Waals surface area (Å²) < 4.78 is 2.59. The second-order valence-corrected chi connectivity index (χ2v) is 7.83. The van der Waals surface area contributed by atoms with E-state index in [2.05, 4.69) is 31.2 Å². The summed E-state index contributed by atoms with van der Waals surface area (Å²) in [7, 11) is 0. The number of carbonyl (C=O) groups is 1. The number of amides is 1. The number of nitrogens with zero attached hydrogens (tertiary/aromatic N) is 5. The summed E-state index contributed by atoms with van der Waals surface area (Å²) in [6.45, 7) is 2.21. The van der Waals surface area contributed by atoms with Gasteiger partial charge in [-0.25, -0.2) is 9.67 Å². The standard InChI is InChI=1S/C13H18N6OS2/c1-9-7-21-13(15-9)22-11-4-2-10(3-5-11)16-12(20)6-19-8-14-17-18-19/h7-8,10-11H,2-6H2,1H3,(H,16,20). The fourth-order valence-corrected chi connectivity index (χ4v) is 4.81. The summed E-state index contributed by atoms with van der Waals surface area (Å²) in [5.41, 5.74) is 1.09. The molecule has 0 saturated heterocycles. The second kappa shape index (κ2) is 7.19. The number of rotatable bonds is 5. The fourth-order valence-electron chi connectivity index (χ4n) is 2.53. The molecule has 3 rings (SSSR count). The minimum atomic E-state index is -0.0287. The third-order valence-electron chi connectivity index (χ3n) is 3.60. The van der Waals surface area contributed by atoms with Crippen LogP contribution in [-0.2, 0) is 11.3 Å². The van der Waals surface area contributed by atoms with Crippen molar-refractivity contribution in [3.05, 3.63) is 17.4 Å². The highest BCUT2D eigenvalue weighted by Gasteiger charge is 2.24. The molecule has 9 heteroatoms. The number of tetrazole rings is 1. The van der Waals surface area contributed by atoms with Crippen LogP contribution in [-0.4, -0.2) is 42.4 Å². The van der Waals surface area contributed by atoms with Crippen molar-refractivity contribution in [2.75, 3.05) is 0 Å². The Balaban J connectivity index is 1.40. The first kappa shape index (κ1) is 15.4. The van der Waals surface area contributed by atoms with E-state index in [-0.39, 0.29) is 18.5 Å².